The first kappa shape index (κ1) is 14.5. The van der Waals surface area contributed by atoms with E-state index in [4.69, 9.17) is 0 Å². The fourth-order valence-corrected chi connectivity index (χ4v) is 10.8. The van der Waals surface area contributed by atoms with Crippen molar-refractivity contribution in [3.05, 3.63) is 0 Å². The average molecular weight is 335 g/mol. The molecule has 3 heteroatoms. The molecule has 2 heterocycles. The predicted octanol–water partition coefficient (Wildman–Crippen LogP) is 3.78. The third-order valence-corrected chi connectivity index (χ3v) is 12.1. The molecule has 0 aromatic carbocycles. The van der Waals surface area contributed by atoms with Gasteiger partial charge in [0.05, 0.1) is 36.0 Å². The van der Waals surface area contributed by atoms with Crippen molar-refractivity contribution >= 4 is 15.8 Å². The number of rotatable bonds is 3. The summed E-state index contributed by atoms with van der Waals surface area (Å²) in [5, 5.41) is 0. The molecule has 0 nitrogen and oxygen atoms in total. The molecule has 2 aliphatic heterocycles. The van der Waals surface area contributed by atoms with Crippen LogP contribution in [0.15, 0.2) is 0 Å². The van der Waals surface area contributed by atoms with E-state index in [1.807, 2.05) is 0 Å². The molecule has 0 aromatic rings. The third-order valence-electron chi connectivity index (χ3n) is 4.43. The van der Waals surface area contributed by atoms with Crippen molar-refractivity contribution in [2.45, 2.75) is 50.8 Å². The van der Waals surface area contributed by atoms with Crippen LogP contribution in [0.25, 0.3) is 0 Å². The smallest absolute Gasteiger partial charge is 0.0284 e. The zero-order valence-corrected chi connectivity index (χ0v) is 13.8. The Balaban J connectivity index is 0.00000112. The molecule has 2 rings (SSSR count). The Labute approximate surface area is 111 Å². The molecule has 0 amide bonds. The molecule has 2 aliphatic rings. The molecule has 0 N–H and O–H groups in total. The molecule has 0 aromatic heterocycles. The van der Waals surface area contributed by atoms with Crippen LogP contribution in [0.2, 0.25) is 0 Å². The number of hydrogen-bond donors (Lipinski definition) is 0. The van der Waals surface area contributed by atoms with Gasteiger partial charge in [-0.05, 0) is 39.5 Å². The Bertz CT molecular complexity index is 166. The van der Waals surface area contributed by atoms with Crippen LogP contribution in [0.4, 0.5) is 0 Å². The Kier molecular flexibility index (Phi) is 6.82. The summed E-state index contributed by atoms with van der Waals surface area (Å²) in [6, 6.07) is 0. The minimum Gasteiger partial charge on any atom is -0.0284 e. The molecule has 2 fully saturated rings. The van der Waals surface area contributed by atoms with Gasteiger partial charge in [0.1, 0.15) is 0 Å². The molecule has 2 unspecified atom stereocenters. The van der Waals surface area contributed by atoms with Crippen molar-refractivity contribution in [2.24, 2.45) is 0 Å². The molecular formula is C12H26P2Rh+2. The minimum atomic E-state index is 0. The molecule has 1 radical (unpaired) electrons. The second-order valence-electron chi connectivity index (χ2n) is 5.40. The maximum absolute atomic E-state index is 2.52. The second-order valence-corrected chi connectivity index (χ2v) is 12.0. The van der Waals surface area contributed by atoms with E-state index in [1.54, 1.807) is 50.3 Å². The van der Waals surface area contributed by atoms with Crippen LogP contribution in [0, 0.1) is 0 Å². The van der Waals surface area contributed by atoms with Gasteiger partial charge in [-0.25, -0.2) is 0 Å². The topological polar surface area (TPSA) is 0 Å². The van der Waals surface area contributed by atoms with E-state index in [0.717, 1.165) is 11.3 Å². The Morgan fingerprint density at radius 3 is 1.53 bits per heavy atom. The van der Waals surface area contributed by atoms with Crippen LogP contribution >= 0.6 is 15.8 Å². The first-order valence-electron chi connectivity index (χ1n) is 6.46. The van der Waals surface area contributed by atoms with Gasteiger partial charge in [0, 0.05) is 35.3 Å². The largest absolute Gasteiger partial charge is 0.0907 e. The van der Waals surface area contributed by atoms with Gasteiger partial charge >= 0.3 is 0 Å². The van der Waals surface area contributed by atoms with Gasteiger partial charge in [0.15, 0.2) is 0 Å². The van der Waals surface area contributed by atoms with Crippen molar-refractivity contribution in [1.82, 2.24) is 0 Å². The van der Waals surface area contributed by atoms with Gasteiger partial charge in [0.2, 0.25) is 0 Å². The van der Waals surface area contributed by atoms with Crippen LogP contribution in [-0.2, 0) is 19.5 Å². The maximum Gasteiger partial charge on any atom is 0.0907 e. The Morgan fingerprint density at radius 2 is 1.27 bits per heavy atom. The zero-order valence-electron chi connectivity index (χ0n) is 10.1. The van der Waals surface area contributed by atoms with Crippen LogP contribution in [0.1, 0.15) is 39.5 Å². The molecule has 2 saturated heterocycles. The Hall–Kier alpha value is 1.48. The molecule has 0 bridgehead atoms. The SMILES string of the molecule is C[C@H]1CCC[PH+]1CC[PH+]1CCC[C@@H]1C.[Rh]. The van der Waals surface area contributed by atoms with Gasteiger partial charge < -0.3 is 0 Å². The quantitative estimate of drug-likeness (QED) is 0.544. The average Bonchev–Trinajstić information content (AvgIpc) is 2.72. The predicted molar refractivity (Wildman–Crippen MR) is 73.5 cm³/mol. The normalized spacial score (nSPS) is 40.4. The van der Waals surface area contributed by atoms with Crippen molar-refractivity contribution in [3.8, 4) is 0 Å². The zero-order chi connectivity index (χ0) is 9.97. The maximum atomic E-state index is 2.52. The summed E-state index contributed by atoms with van der Waals surface area (Å²) in [5.74, 6) is 0. The van der Waals surface area contributed by atoms with E-state index < -0.39 is 0 Å². The summed E-state index contributed by atoms with van der Waals surface area (Å²) < 4.78 is 0. The van der Waals surface area contributed by atoms with Crippen LogP contribution in [0.5, 0.6) is 0 Å². The first-order chi connectivity index (χ1) is 6.77. The fraction of sp³-hybridized carbons (Fsp3) is 1.00. The van der Waals surface area contributed by atoms with Gasteiger partial charge in [0.25, 0.3) is 0 Å². The van der Waals surface area contributed by atoms with Crippen molar-refractivity contribution in [2.75, 3.05) is 24.6 Å². The molecular weight excluding hydrogens is 309 g/mol. The second kappa shape index (κ2) is 7.04. The van der Waals surface area contributed by atoms with Crippen LogP contribution in [-0.4, -0.2) is 36.0 Å². The van der Waals surface area contributed by atoms with Gasteiger partial charge in [-0.15, -0.1) is 0 Å². The first-order valence-corrected chi connectivity index (χ1v) is 10.4. The van der Waals surface area contributed by atoms with Crippen molar-refractivity contribution in [3.63, 3.8) is 0 Å². The third kappa shape index (κ3) is 4.01. The summed E-state index contributed by atoms with van der Waals surface area (Å²) in [5.41, 5.74) is 2.30. The summed E-state index contributed by atoms with van der Waals surface area (Å²) in [7, 11) is 0.251. The van der Waals surface area contributed by atoms with E-state index in [-0.39, 0.29) is 35.3 Å². The van der Waals surface area contributed by atoms with Gasteiger partial charge in [-0.2, -0.15) is 0 Å². The molecule has 91 valence electrons. The standard InChI is InChI=1S/C12H24P2.Rh/c1-11-5-3-7-13(11)9-10-14-8-4-6-12(14)2;/h11-12H,3-10H2,1-2H3;/p+2/t11-,12-,13?,14?;/m0./s1. The summed E-state index contributed by atoms with van der Waals surface area (Å²) in [4.78, 5) is 0. The van der Waals surface area contributed by atoms with E-state index in [9.17, 15) is 0 Å². The van der Waals surface area contributed by atoms with Crippen molar-refractivity contribution in [1.29, 1.82) is 0 Å². The van der Waals surface area contributed by atoms with E-state index in [2.05, 4.69) is 13.8 Å². The molecule has 0 saturated carbocycles. The summed E-state index contributed by atoms with van der Waals surface area (Å²) in [6.07, 6.45) is 12.9. The molecule has 0 spiro atoms. The van der Waals surface area contributed by atoms with Crippen LogP contribution in [0.3, 0.4) is 0 Å². The minimum absolute atomic E-state index is 0. The van der Waals surface area contributed by atoms with E-state index in [0.29, 0.717) is 0 Å². The van der Waals surface area contributed by atoms with Crippen molar-refractivity contribution < 1.29 is 19.5 Å². The van der Waals surface area contributed by atoms with Gasteiger partial charge in [-0.3, -0.25) is 0 Å². The monoisotopic (exact) mass is 335 g/mol. The molecule has 15 heavy (non-hydrogen) atoms. The summed E-state index contributed by atoms with van der Waals surface area (Å²) in [6.45, 7) is 5.05. The number of hydrogen-bond acceptors (Lipinski definition) is 0. The van der Waals surface area contributed by atoms with Gasteiger partial charge in [-0.1, -0.05) is 0 Å². The Morgan fingerprint density at radius 1 is 0.867 bits per heavy atom. The molecule has 0 aliphatic carbocycles. The molecule has 4 atom stereocenters. The fourth-order valence-electron chi connectivity index (χ4n) is 3.24. The van der Waals surface area contributed by atoms with E-state index >= 15 is 0 Å². The van der Waals surface area contributed by atoms with Crippen LogP contribution < -0.4 is 0 Å². The summed E-state index contributed by atoms with van der Waals surface area (Å²) >= 11 is 0. The van der Waals surface area contributed by atoms with E-state index in [1.165, 1.54) is 0 Å².